The summed E-state index contributed by atoms with van der Waals surface area (Å²) in [6.45, 7) is 0.568. The molecule has 38 heavy (non-hydrogen) atoms. The summed E-state index contributed by atoms with van der Waals surface area (Å²) >= 11 is 6.49. The van der Waals surface area contributed by atoms with Crippen LogP contribution in [0.5, 0.6) is 5.88 Å². The Balaban J connectivity index is 1.46. The predicted octanol–water partition coefficient (Wildman–Crippen LogP) is 4.18. The molecule has 0 saturated carbocycles. The Hall–Kier alpha value is -3.61. The highest BCUT2D eigenvalue weighted by Crippen LogP contribution is 2.43. The third-order valence-electron chi connectivity index (χ3n) is 6.31. The summed E-state index contributed by atoms with van der Waals surface area (Å²) in [7, 11) is 0. The number of hydrogen-bond donors (Lipinski definition) is 3. The zero-order valence-corrected chi connectivity index (χ0v) is 20.6. The molecule has 5 rings (SSSR count). The van der Waals surface area contributed by atoms with E-state index in [2.05, 4.69) is 15.3 Å². The average Bonchev–Trinajstić information content (AvgIpc) is 3.31. The number of ether oxygens (including phenoxy) is 1. The van der Waals surface area contributed by atoms with Crippen molar-refractivity contribution >= 4 is 35.0 Å². The second-order valence-corrected chi connectivity index (χ2v) is 9.34. The maximum absolute atomic E-state index is 13.5. The van der Waals surface area contributed by atoms with Crippen LogP contribution in [0.4, 0.5) is 35.3 Å². The first-order chi connectivity index (χ1) is 18.1. The number of fused-ring (bicyclic) bond motifs is 4. The molecule has 2 amide bonds. The first-order valence-electron chi connectivity index (χ1n) is 11.8. The standard InChI is InChI=1S/C25H23ClF3N5O4/c26-18-10-19-23(32-22(18)14-3-1-4-15(9-14)25(27,28)29)34(16-7-8-33(19)11-16)24(37)31-20-5-2-6-21(30-20)38-13-17(36)12-35/h1-6,9-10,16-17,35-36H,7-8,11-13H2,(H,30,31,37)/t16?,17-/m0/s1. The highest BCUT2D eigenvalue weighted by Gasteiger charge is 2.41. The number of pyridine rings is 2. The van der Waals surface area contributed by atoms with Gasteiger partial charge in [-0.2, -0.15) is 18.2 Å². The van der Waals surface area contributed by atoms with Crippen LogP contribution in [0, 0.1) is 0 Å². The van der Waals surface area contributed by atoms with Gasteiger partial charge in [-0.1, -0.05) is 29.8 Å². The number of halogens is 4. The molecule has 0 aliphatic carbocycles. The Bertz CT molecular complexity index is 1360. The molecule has 3 aromatic rings. The molecule has 3 N–H and O–H groups in total. The largest absolute Gasteiger partial charge is 0.475 e. The normalized spacial score (nSPS) is 17.3. The molecule has 1 unspecified atom stereocenters. The number of carbonyl (C=O) groups excluding carboxylic acids is 1. The lowest BCUT2D eigenvalue weighted by Gasteiger charge is -2.36. The van der Waals surface area contributed by atoms with Crippen molar-refractivity contribution in [2.24, 2.45) is 0 Å². The van der Waals surface area contributed by atoms with Crippen LogP contribution in [0.1, 0.15) is 12.0 Å². The van der Waals surface area contributed by atoms with Gasteiger partial charge in [0.15, 0.2) is 5.82 Å². The van der Waals surface area contributed by atoms with Gasteiger partial charge in [-0.3, -0.25) is 10.2 Å². The Morgan fingerprint density at radius 3 is 2.76 bits per heavy atom. The number of aliphatic hydroxyl groups is 2. The number of nitrogens with one attached hydrogen (secondary N) is 1. The van der Waals surface area contributed by atoms with Gasteiger partial charge in [-0.25, -0.2) is 9.78 Å². The number of alkyl halides is 3. The Kier molecular flexibility index (Phi) is 7.03. The molecule has 9 nitrogen and oxygen atoms in total. The number of nitrogens with zero attached hydrogens (tertiary/aromatic N) is 4. The molecule has 2 bridgehead atoms. The van der Waals surface area contributed by atoms with E-state index in [1.165, 1.54) is 23.1 Å². The van der Waals surface area contributed by atoms with Gasteiger partial charge >= 0.3 is 12.2 Å². The summed E-state index contributed by atoms with van der Waals surface area (Å²) < 4.78 is 45.3. The topological polar surface area (TPSA) is 111 Å². The van der Waals surface area contributed by atoms with Gasteiger partial charge in [0.05, 0.1) is 34.6 Å². The first-order valence-corrected chi connectivity index (χ1v) is 12.1. The van der Waals surface area contributed by atoms with Crippen molar-refractivity contribution in [3.63, 3.8) is 0 Å². The quantitative estimate of drug-likeness (QED) is 0.423. The molecular formula is C25H23ClF3N5O4. The van der Waals surface area contributed by atoms with Gasteiger partial charge in [0.1, 0.15) is 18.5 Å². The van der Waals surface area contributed by atoms with E-state index in [0.29, 0.717) is 25.2 Å². The van der Waals surface area contributed by atoms with Crippen molar-refractivity contribution < 1.29 is 32.9 Å². The number of urea groups is 1. The van der Waals surface area contributed by atoms with Crippen molar-refractivity contribution in [1.82, 2.24) is 9.97 Å². The average molecular weight is 550 g/mol. The number of aliphatic hydroxyl groups excluding tert-OH is 2. The molecule has 13 heteroatoms. The van der Waals surface area contributed by atoms with Crippen molar-refractivity contribution in [2.45, 2.75) is 24.7 Å². The van der Waals surface area contributed by atoms with Crippen LogP contribution in [0.25, 0.3) is 11.3 Å². The van der Waals surface area contributed by atoms with Gasteiger partial charge in [-0.05, 0) is 30.7 Å². The molecular weight excluding hydrogens is 527 g/mol. The molecule has 4 heterocycles. The third kappa shape index (κ3) is 5.19. The van der Waals surface area contributed by atoms with Crippen LogP contribution in [0.3, 0.4) is 0 Å². The molecule has 2 atom stereocenters. The van der Waals surface area contributed by atoms with Crippen molar-refractivity contribution in [3.05, 3.63) is 59.1 Å². The van der Waals surface area contributed by atoms with E-state index in [1.54, 1.807) is 18.2 Å². The van der Waals surface area contributed by atoms with Crippen LogP contribution < -0.4 is 19.9 Å². The van der Waals surface area contributed by atoms with Gasteiger partial charge in [0, 0.05) is 24.7 Å². The summed E-state index contributed by atoms with van der Waals surface area (Å²) in [6.07, 6.45) is -4.95. The highest BCUT2D eigenvalue weighted by atomic mass is 35.5. The van der Waals surface area contributed by atoms with E-state index in [1.807, 2.05) is 4.90 Å². The van der Waals surface area contributed by atoms with E-state index in [-0.39, 0.29) is 46.4 Å². The van der Waals surface area contributed by atoms with Crippen molar-refractivity contribution in [2.75, 3.05) is 41.4 Å². The first kappa shape index (κ1) is 26.0. The maximum atomic E-state index is 13.5. The molecule has 1 fully saturated rings. The number of hydrogen-bond acceptors (Lipinski definition) is 7. The SMILES string of the molecule is O=C(Nc1cccc(OC[C@@H](O)CO)n1)N1c2nc(-c3cccc(C(F)(F)F)c3)c(Cl)cc2N2CCC1C2. The minimum absolute atomic E-state index is 0.132. The molecule has 1 aromatic carbocycles. The van der Waals surface area contributed by atoms with Gasteiger partial charge < -0.3 is 19.8 Å². The van der Waals surface area contributed by atoms with Crippen LogP contribution in [-0.4, -0.2) is 64.7 Å². The van der Waals surface area contributed by atoms with Gasteiger partial charge in [-0.15, -0.1) is 0 Å². The van der Waals surface area contributed by atoms with Crippen LogP contribution in [0.2, 0.25) is 5.02 Å². The minimum atomic E-state index is -4.53. The minimum Gasteiger partial charge on any atom is -0.475 e. The maximum Gasteiger partial charge on any atom is 0.416 e. The Labute approximate surface area is 220 Å². The molecule has 2 aromatic heterocycles. The van der Waals surface area contributed by atoms with Gasteiger partial charge in [0.2, 0.25) is 5.88 Å². The summed E-state index contributed by atoms with van der Waals surface area (Å²) in [4.78, 5) is 25.8. The summed E-state index contributed by atoms with van der Waals surface area (Å²) in [5.41, 5.74) is 0.0895. The number of anilines is 3. The number of benzene rings is 1. The number of amides is 2. The van der Waals surface area contributed by atoms with Gasteiger partial charge in [0.25, 0.3) is 0 Å². The molecule has 0 radical (unpaired) electrons. The fourth-order valence-corrected chi connectivity index (χ4v) is 4.75. The summed E-state index contributed by atoms with van der Waals surface area (Å²) in [5.74, 6) is 0.602. The van der Waals surface area contributed by atoms with E-state index in [9.17, 15) is 23.1 Å². The second-order valence-electron chi connectivity index (χ2n) is 8.94. The molecule has 2 aliphatic heterocycles. The fraction of sp³-hybridized carbons (Fsp3) is 0.320. The van der Waals surface area contributed by atoms with Crippen LogP contribution in [-0.2, 0) is 6.18 Å². The predicted molar refractivity (Wildman–Crippen MR) is 135 cm³/mol. The fourth-order valence-electron chi connectivity index (χ4n) is 4.50. The van der Waals surface area contributed by atoms with E-state index in [4.69, 9.17) is 21.4 Å². The van der Waals surface area contributed by atoms with Crippen molar-refractivity contribution in [1.29, 1.82) is 0 Å². The molecule has 2 aliphatic rings. The molecule has 200 valence electrons. The zero-order chi connectivity index (χ0) is 27.0. The lowest BCUT2D eigenvalue weighted by molar-refractivity contribution is -0.137. The monoisotopic (exact) mass is 549 g/mol. The third-order valence-corrected chi connectivity index (χ3v) is 6.60. The Morgan fingerprint density at radius 1 is 1.21 bits per heavy atom. The van der Waals surface area contributed by atoms with E-state index in [0.717, 1.165) is 12.1 Å². The lowest BCUT2D eigenvalue weighted by atomic mass is 10.1. The number of rotatable bonds is 6. The Morgan fingerprint density at radius 2 is 2.00 bits per heavy atom. The van der Waals surface area contributed by atoms with Crippen LogP contribution >= 0.6 is 11.6 Å². The highest BCUT2D eigenvalue weighted by molar-refractivity contribution is 6.33. The smallest absolute Gasteiger partial charge is 0.416 e. The van der Waals surface area contributed by atoms with Crippen LogP contribution in [0.15, 0.2) is 48.5 Å². The number of carbonyl (C=O) groups is 1. The number of aromatic nitrogens is 2. The van der Waals surface area contributed by atoms with E-state index < -0.39 is 30.5 Å². The molecule has 1 saturated heterocycles. The second kappa shape index (κ2) is 10.3. The zero-order valence-electron chi connectivity index (χ0n) is 19.8. The summed E-state index contributed by atoms with van der Waals surface area (Å²) in [5, 5.41) is 21.3. The lowest BCUT2D eigenvalue weighted by Crippen LogP contribution is -2.48. The molecule has 0 spiro atoms. The van der Waals surface area contributed by atoms with Crippen molar-refractivity contribution in [3.8, 4) is 17.1 Å². The van der Waals surface area contributed by atoms with E-state index >= 15 is 0 Å². The summed E-state index contributed by atoms with van der Waals surface area (Å²) in [6, 6.07) is 10.3.